The number of hydrogen-bond acceptors (Lipinski definition) is 3. The van der Waals surface area contributed by atoms with Gasteiger partial charge in [-0.2, -0.15) is 5.10 Å². The molecule has 6 heteroatoms. The molecule has 3 rings (SSSR count). The van der Waals surface area contributed by atoms with Gasteiger partial charge in [-0.1, -0.05) is 44.2 Å². The van der Waals surface area contributed by atoms with E-state index in [-0.39, 0.29) is 11.8 Å². The molecule has 1 aromatic heterocycles. The summed E-state index contributed by atoms with van der Waals surface area (Å²) >= 11 is 0. The van der Waals surface area contributed by atoms with Crippen LogP contribution >= 0.6 is 0 Å². The lowest BCUT2D eigenvalue weighted by atomic mass is 9.88. The molecule has 0 spiro atoms. The van der Waals surface area contributed by atoms with Crippen molar-refractivity contribution in [1.82, 2.24) is 15.5 Å². The molecule has 126 valence electrons. The normalized spacial score (nSPS) is 22.4. The maximum atomic E-state index is 12.6. The van der Waals surface area contributed by atoms with E-state index in [1.807, 2.05) is 44.2 Å². The third kappa shape index (κ3) is 2.68. The minimum absolute atomic E-state index is 0.0171. The number of nitrogens with zero attached hydrogens (tertiary/aromatic N) is 1. The molecule has 6 nitrogen and oxygen atoms in total. The van der Waals surface area contributed by atoms with Crippen LogP contribution < -0.4 is 5.32 Å². The van der Waals surface area contributed by atoms with Gasteiger partial charge in [-0.15, -0.1) is 0 Å². The number of benzene rings is 1. The van der Waals surface area contributed by atoms with Gasteiger partial charge < -0.3 is 10.4 Å². The van der Waals surface area contributed by atoms with Gasteiger partial charge in [0.15, 0.2) is 0 Å². The van der Waals surface area contributed by atoms with Crippen LogP contribution in [0.5, 0.6) is 0 Å². The minimum Gasteiger partial charge on any atom is -0.481 e. The summed E-state index contributed by atoms with van der Waals surface area (Å²) in [6.07, 6.45) is 2.09. The number of nitrogens with one attached hydrogen (secondary N) is 2. The van der Waals surface area contributed by atoms with Crippen LogP contribution in [0.1, 0.15) is 25.8 Å². The first-order valence-corrected chi connectivity index (χ1v) is 8.05. The Hall–Kier alpha value is -2.63. The lowest BCUT2D eigenvalue weighted by molar-refractivity contribution is -0.142. The van der Waals surface area contributed by atoms with Crippen molar-refractivity contribution in [3.05, 3.63) is 42.1 Å². The Morgan fingerprint density at radius 2 is 2.08 bits per heavy atom. The summed E-state index contributed by atoms with van der Waals surface area (Å²) in [5, 5.41) is 19.2. The van der Waals surface area contributed by atoms with Gasteiger partial charge >= 0.3 is 5.97 Å². The zero-order chi connectivity index (χ0) is 17.3. The monoisotopic (exact) mass is 327 g/mol. The van der Waals surface area contributed by atoms with Crippen molar-refractivity contribution in [3.8, 4) is 11.3 Å². The molecule has 1 aromatic carbocycles. The largest absolute Gasteiger partial charge is 0.481 e. The van der Waals surface area contributed by atoms with Gasteiger partial charge in [0.05, 0.1) is 23.2 Å². The fourth-order valence-corrected chi connectivity index (χ4v) is 3.38. The summed E-state index contributed by atoms with van der Waals surface area (Å²) in [6, 6.07) is 9.75. The zero-order valence-corrected chi connectivity index (χ0v) is 13.7. The van der Waals surface area contributed by atoms with E-state index in [2.05, 4.69) is 15.5 Å². The molecule has 2 aromatic rings. The number of H-pyrrole nitrogens is 1. The number of aliphatic carboxylic acids is 1. The molecule has 0 unspecified atom stereocenters. The van der Waals surface area contributed by atoms with Gasteiger partial charge in [-0.3, -0.25) is 14.7 Å². The van der Waals surface area contributed by atoms with Crippen molar-refractivity contribution in [2.45, 2.75) is 26.8 Å². The molecule has 3 N–H and O–H groups in total. The van der Waals surface area contributed by atoms with E-state index in [0.717, 1.165) is 16.8 Å². The number of aromatic amines is 1. The Morgan fingerprint density at radius 1 is 1.38 bits per heavy atom. The van der Waals surface area contributed by atoms with Crippen LogP contribution in [0, 0.1) is 17.3 Å². The van der Waals surface area contributed by atoms with Crippen molar-refractivity contribution in [3.63, 3.8) is 0 Å². The summed E-state index contributed by atoms with van der Waals surface area (Å²) in [5.41, 5.74) is 1.94. The highest BCUT2D eigenvalue weighted by molar-refractivity contribution is 5.93. The summed E-state index contributed by atoms with van der Waals surface area (Å²) in [5.74, 6) is -1.69. The fraction of sp³-hybridized carbons (Fsp3) is 0.389. The predicted molar refractivity (Wildman–Crippen MR) is 88.9 cm³/mol. The van der Waals surface area contributed by atoms with E-state index in [4.69, 9.17) is 0 Å². The number of hydrogen-bond donors (Lipinski definition) is 3. The Bertz CT molecular complexity index is 754. The van der Waals surface area contributed by atoms with Crippen molar-refractivity contribution in [1.29, 1.82) is 0 Å². The van der Waals surface area contributed by atoms with Gasteiger partial charge in [0.25, 0.3) is 0 Å². The fourth-order valence-electron chi connectivity index (χ4n) is 3.38. The highest BCUT2D eigenvalue weighted by Gasteiger charge is 2.65. The maximum Gasteiger partial charge on any atom is 0.307 e. The maximum absolute atomic E-state index is 12.6. The Kier molecular flexibility index (Phi) is 4.13. The molecule has 0 aliphatic heterocycles. The summed E-state index contributed by atoms with van der Waals surface area (Å²) in [4.78, 5) is 23.9. The van der Waals surface area contributed by atoms with Gasteiger partial charge in [-0.25, -0.2) is 0 Å². The number of amides is 1. The molecular weight excluding hydrogens is 306 g/mol. The molecule has 1 amide bonds. The summed E-state index contributed by atoms with van der Waals surface area (Å²) < 4.78 is 0. The van der Waals surface area contributed by atoms with E-state index < -0.39 is 17.3 Å². The number of aromatic nitrogens is 2. The van der Waals surface area contributed by atoms with Crippen molar-refractivity contribution in [2.24, 2.45) is 17.3 Å². The van der Waals surface area contributed by atoms with Crippen molar-refractivity contribution < 1.29 is 14.7 Å². The second kappa shape index (κ2) is 6.11. The van der Waals surface area contributed by atoms with Crippen LogP contribution in [0.2, 0.25) is 0 Å². The quantitative estimate of drug-likeness (QED) is 0.759. The minimum atomic E-state index is -0.896. The average Bonchev–Trinajstić information content (AvgIpc) is 3.18. The van der Waals surface area contributed by atoms with Crippen LogP contribution in [0.25, 0.3) is 11.3 Å². The van der Waals surface area contributed by atoms with Gasteiger partial charge in [0.2, 0.25) is 5.91 Å². The first-order chi connectivity index (χ1) is 11.5. The third-order valence-electron chi connectivity index (χ3n) is 4.97. The third-order valence-corrected chi connectivity index (χ3v) is 4.97. The molecule has 0 saturated heterocycles. The zero-order valence-electron chi connectivity index (χ0n) is 13.7. The number of carbonyl (C=O) groups excluding carboxylic acids is 1. The second-order valence-corrected chi connectivity index (χ2v) is 6.61. The lowest BCUT2D eigenvalue weighted by Crippen LogP contribution is -2.37. The predicted octanol–water partition coefficient (Wildman–Crippen LogP) is 2.44. The number of rotatable bonds is 6. The summed E-state index contributed by atoms with van der Waals surface area (Å²) in [7, 11) is 0. The number of carbonyl (C=O) groups is 2. The smallest absolute Gasteiger partial charge is 0.307 e. The lowest BCUT2D eigenvalue weighted by Gasteiger charge is -2.20. The molecular formula is C18H21N3O3. The number of carboxylic acid groups (broad SMARTS) is 1. The molecule has 1 heterocycles. The molecule has 1 aliphatic carbocycles. The van der Waals surface area contributed by atoms with Gasteiger partial charge in [0, 0.05) is 12.1 Å². The van der Waals surface area contributed by atoms with Crippen LogP contribution in [0.4, 0.5) is 0 Å². The van der Waals surface area contributed by atoms with Crippen LogP contribution in [-0.2, 0) is 16.1 Å². The first kappa shape index (κ1) is 16.2. The van der Waals surface area contributed by atoms with Crippen LogP contribution in [-0.4, -0.2) is 27.2 Å². The SMILES string of the molecule is CC(C)[C@]1(C(=O)NCc2cn[nH]c2-c2ccccc2)C[C@H]1C(=O)O. The molecule has 0 bridgehead atoms. The Morgan fingerprint density at radius 3 is 2.67 bits per heavy atom. The van der Waals surface area contributed by atoms with E-state index in [1.54, 1.807) is 6.20 Å². The van der Waals surface area contributed by atoms with Crippen molar-refractivity contribution in [2.75, 3.05) is 0 Å². The summed E-state index contributed by atoms with van der Waals surface area (Å²) in [6.45, 7) is 4.12. The molecule has 1 aliphatic rings. The van der Waals surface area contributed by atoms with E-state index in [0.29, 0.717) is 13.0 Å². The average molecular weight is 327 g/mol. The Labute approximate surface area is 140 Å². The Balaban J connectivity index is 1.72. The van der Waals surface area contributed by atoms with E-state index >= 15 is 0 Å². The first-order valence-electron chi connectivity index (χ1n) is 8.05. The number of carboxylic acids is 1. The molecule has 1 fully saturated rings. The van der Waals surface area contributed by atoms with Gasteiger partial charge in [-0.05, 0) is 17.9 Å². The standard InChI is InChI=1S/C18H21N3O3/c1-11(2)18(8-14(18)16(22)23)17(24)19-9-13-10-20-21-15(13)12-6-4-3-5-7-12/h3-7,10-11,14H,8-9H2,1-2H3,(H,19,24)(H,20,21)(H,22,23)/t14-,18+/m0/s1. The molecule has 24 heavy (non-hydrogen) atoms. The molecule has 1 saturated carbocycles. The van der Waals surface area contributed by atoms with Crippen molar-refractivity contribution >= 4 is 11.9 Å². The van der Waals surface area contributed by atoms with E-state index in [1.165, 1.54) is 0 Å². The van der Waals surface area contributed by atoms with Crippen LogP contribution in [0.3, 0.4) is 0 Å². The highest BCUT2D eigenvalue weighted by Crippen LogP contribution is 2.58. The van der Waals surface area contributed by atoms with Crippen LogP contribution in [0.15, 0.2) is 36.5 Å². The topological polar surface area (TPSA) is 95.1 Å². The van der Waals surface area contributed by atoms with E-state index in [9.17, 15) is 14.7 Å². The second-order valence-electron chi connectivity index (χ2n) is 6.61. The molecule has 0 radical (unpaired) electrons. The highest BCUT2D eigenvalue weighted by atomic mass is 16.4. The molecule has 2 atom stereocenters. The van der Waals surface area contributed by atoms with Gasteiger partial charge in [0.1, 0.15) is 0 Å².